The van der Waals surface area contributed by atoms with Crippen molar-refractivity contribution in [1.82, 2.24) is 9.55 Å². The summed E-state index contributed by atoms with van der Waals surface area (Å²) in [6.07, 6.45) is 4.10. The lowest BCUT2D eigenvalue weighted by molar-refractivity contribution is 0.340. The van der Waals surface area contributed by atoms with Gasteiger partial charge >= 0.3 is 0 Å². The van der Waals surface area contributed by atoms with Gasteiger partial charge in [-0.1, -0.05) is 0 Å². The van der Waals surface area contributed by atoms with Crippen LogP contribution in [0.25, 0.3) is 11.3 Å². The number of ether oxygens (including phenoxy) is 1. The maximum absolute atomic E-state index is 5.99. The van der Waals surface area contributed by atoms with Gasteiger partial charge in [0.15, 0.2) is 0 Å². The monoisotopic (exact) mass is 257 g/mol. The summed E-state index contributed by atoms with van der Waals surface area (Å²) in [5.41, 5.74) is 8.13. The van der Waals surface area contributed by atoms with Crippen LogP contribution in [0.1, 0.15) is 19.2 Å². The van der Waals surface area contributed by atoms with E-state index < -0.39 is 0 Å². The predicted octanol–water partition coefficient (Wildman–Crippen LogP) is 2.22. The van der Waals surface area contributed by atoms with Crippen molar-refractivity contribution in [3.63, 3.8) is 0 Å². The van der Waals surface area contributed by atoms with Crippen molar-refractivity contribution < 1.29 is 4.74 Å². The number of fused-ring (bicyclic) bond motifs is 1. The fourth-order valence-electron chi connectivity index (χ4n) is 2.50. The zero-order valence-corrected chi connectivity index (χ0v) is 11.2. The van der Waals surface area contributed by atoms with E-state index in [0.717, 1.165) is 42.2 Å². The minimum absolute atomic E-state index is 0.259. The smallest absolute Gasteiger partial charge is 0.119 e. The van der Waals surface area contributed by atoms with Crippen LogP contribution < -0.4 is 10.5 Å². The van der Waals surface area contributed by atoms with Crippen LogP contribution in [0.4, 0.5) is 0 Å². The second kappa shape index (κ2) is 5.05. The van der Waals surface area contributed by atoms with Gasteiger partial charge in [0.25, 0.3) is 0 Å². The van der Waals surface area contributed by atoms with E-state index in [9.17, 15) is 0 Å². The summed E-state index contributed by atoms with van der Waals surface area (Å²) in [6, 6.07) is 8.35. The number of aryl methyl sites for hydroxylation is 1. The summed E-state index contributed by atoms with van der Waals surface area (Å²) in [6.45, 7) is 3.55. The lowest BCUT2D eigenvalue weighted by Gasteiger charge is -2.19. The number of benzene rings is 1. The van der Waals surface area contributed by atoms with Gasteiger partial charge in [-0.15, -0.1) is 0 Å². The molecule has 0 radical (unpaired) electrons. The minimum Gasteiger partial charge on any atom is -0.494 e. The van der Waals surface area contributed by atoms with E-state index in [1.54, 1.807) is 0 Å². The molecule has 0 amide bonds. The van der Waals surface area contributed by atoms with Crippen LogP contribution in [0, 0.1) is 0 Å². The van der Waals surface area contributed by atoms with Crippen LogP contribution in [0.15, 0.2) is 30.5 Å². The summed E-state index contributed by atoms with van der Waals surface area (Å²) >= 11 is 0. The highest BCUT2D eigenvalue weighted by Gasteiger charge is 2.17. The Morgan fingerprint density at radius 1 is 1.37 bits per heavy atom. The highest BCUT2D eigenvalue weighted by molar-refractivity contribution is 5.59. The zero-order valence-electron chi connectivity index (χ0n) is 11.2. The van der Waals surface area contributed by atoms with Gasteiger partial charge in [-0.3, -0.25) is 0 Å². The Kier molecular flexibility index (Phi) is 3.25. The molecule has 1 aliphatic rings. The van der Waals surface area contributed by atoms with E-state index >= 15 is 0 Å². The molecule has 19 heavy (non-hydrogen) atoms. The summed E-state index contributed by atoms with van der Waals surface area (Å²) < 4.78 is 7.63. The summed E-state index contributed by atoms with van der Waals surface area (Å²) in [7, 11) is 0. The van der Waals surface area contributed by atoms with Gasteiger partial charge < -0.3 is 15.0 Å². The van der Waals surface area contributed by atoms with E-state index in [1.165, 1.54) is 0 Å². The van der Waals surface area contributed by atoms with Crippen LogP contribution in [0.3, 0.4) is 0 Å². The predicted molar refractivity (Wildman–Crippen MR) is 75.1 cm³/mol. The molecule has 3 rings (SSSR count). The highest BCUT2D eigenvalue weighted by Crippen LogP contribution is 2.24. The van der Waals surface area contributed by atoms with Crippen LogP contribution in [0.2, 0.25) is 0 Å². The molecule has 4 heteroatoms. The number of nitrogens with two attached hydrogens (primary N) is 1. The standard InChI is InChI=1S/C15H19N3O/c1-2-19-13-6-3-11(4-7-13)14-10-18-9-12(16)5-8-15(18)17-14/h3-4,6-7,10,12H,2,5,8-9,16H2,1H3. The summed E-state index contributed by atoms with van der Waals surface area (Å²) in [5, 5.41) is 0. The maximum atomic E-state index is 5.99. The lowest BCUT2D eigenvalue weighted by Crippen LogP contribution is -2.31. The fraction of sp³-hybridized carbons (Fsp3) is 0.400. The molecule has 0 saturated heterocycles. The first-order valence-corrected chi connectivity index (χ1v) is 6.81. The third-order valence-electron chi connectivity index (χ3n) is 3.49. The van der Waals surface area contributed by atoms with Crippen molar-refractivity contribution in [3.8, 4) is 17.0 Å². The average Bonchev–Trinajstić information content (AvgIpc) is 2.83. The number of hydrogen-bond donors (Lipinski definition) is 1. The lowest BCUT2D eigenvalue weighted by atomic mass is 10.1. The first-order valence-electron chi connectivity index (χ1n) is 6.81. The molecule has 1 unspecified atom stereocenters. The molecule has 4 nitrogen and oxygen atoms in total. The Labute approximate surface area is 113 Å². The zero-order chi connectivity index (χ0) is 13.2. The highest BCUT2D eigenvalue weighted by atomic mass is 16.5. The van der Waals surface area contributed by atoms with Crippen LogP contribution >= 0.6 is 0 Å². The Balaban J connectivity index is 1.86. The van der Waals surface area contributed by atoms with E-state index in [0.29, 0.717) is 6.61 Å². The van der Waals surface area contributed by atoms with Crippen LogP contribution in [0.5, 0.6) is 5.75 Å². The molecular weight excluding hydrogens is 238 g/mol. The average molecular weight is 257 g/mol. The van der Waals surface area contributed by atoms with E-state index in [1.807, 2.05) is 19.1 Å². The first kappa shape index (κ1) is 12.2. The van der Waals surface area contributed by atoms with Crippen molar-refractivity contribution in [1.29, 1.82) is 0 Å². The topological polar surface area (TPSA) is 53.1 Å². The second-order valence-electron chi connectivity index (χ2n) is 4.95. The molecule has 2 N–H and O–H groups in total. The van der Waals surface area contributed by atoms with Gasteiger partial charge in [-0.05, 0) is 37.6 Å². The molecule has 1 aromatic carbocycles. The summed E-state index contributed by atoms with van der Waals surface area (Å²) in [4.78, 5) is 4.70. The van der Waals surface area contributed by atoms with E-state index in [-0.39, 0.29) is 6.04 Å². The first-order chi connectivity index (χ1) is 9.26. The fourth-order valence-corrected chi connectivity index (χ4v) is 2.50. The SMILES string of the molecule is CCOc1ccc(-c2cn3c(n2)CCC(N)C3)cc1. The number of rotatable bonds is 3. The van der Waals surface area contributed by atoms with Crippen LogP contribution in [-0.2, 0) is 13.0 Å². The molecule has 1 atom stereocenters. The normalized spacial score (nSPS) is 18.1. The number of nitrogens with zero attached hydrogens (tertiary/aromatic N) is 2. The Morgan fingerprint density at radius 2 is 2.16 bits per heavy atom. The van der Waals surface area contributed by atoms with Crippen molar-refractivity contribution in [2.24, 2.45) is 5.73 Å². The molecule has 0 saturated carbocycles. The molecule has 0 bridgehead atoms. The quantitative estimate of drug-likeness (QED) is 0.917. The Bertz CT molecular complexity index is 559. The van der Waals surface area contributed by atoms with Crippen molar-refractivity contribution in [2.45, 2.75) is 32.4 Å². The Hall–Kier alpha value is -1.81. The Morgan fingerprint density at radius 3 is 2.89 bits per heavy atom. The molecule has 0 fully saturated rings. The molecule has 1 aliphatic heterocycles. The van der Waals surface area contributed by atoms with Crippen molar-refractivity contribution in [3.05, 3.63) is 36.3 Å². The van der Waals surface area contributed by atoms with Gasteiger partial charge in [-0.2, -0.15) is 0 Å². The molecular formula is C15H19N3O. The van der Waals surface area contributed by atoms with Crippen molar-refractivity contribution in [2.75, 3.05) is 6.61 Å². The third-order valence-corrected chi connectivity index (χ3v) is 3.49. The van der Waals surface area contributed by atoms with Gasteiger partial charge in [0.2, 0.25) is 0 Å². The van der Waals surface area contributed by atoms with Gasteiger partial charge in [0.1, 0.15) is 11.6 Å². The van der Waals surface area contributed by atoms with E-state index in [2.05, 4.69) is 22.9 Å². The van der Waals surface area contributed by atoms with Gasteiger partial charge in [-0.25, -0.2) is 4.98 Å². The van der Waals surface area contributed by atoms with Gasteiger partial charge in [0.05, 0.1) is 12.3 Å². The number of imidazole rings is 1. The van der Waals surface area contributed by atoms with E-state index in [4.69, 9.17) is 15.5 Å². The number of aromatic nitrogens is 2. The molecule has 100 valence electrons. The minimum atomic E-state index is 0.259. The van der Waals surface area contributed by atoms with Crippen LogP contribution in [-0.4, -0.2) is 22.2 Å². The maximum Gasteiger partial charge on any atom is 0.119 e. The molecule has 0 aliphatic carbocycles. The molecule has 2 heterocycles. The number of hydrogen-bond acceptors (Lipinski definition) is 3. The largest absolute Gasteiger partial charge is 0.494 e. The second-order valence-corrected chi connectivity index (χ2v) is 4.95. The third kappa shape index (κ3) is 2.49. The summed E-state index contributed by atoms with van der Waals surface area (Å²) in [5.74, 6) is 2.04. The van der Waals surface area contributed by atoms with Gasteiger partial charge in [0, 0.05) is 30.8 Å². The molecule has 2 aromatic rings. The molecule has 0 spiro atoms. The van der Waals surface area contributed by atoms with Crippen molar-refractivity contribution >= 4 is 0 Å². The molecule has 1 aromatic heterocycles.